The lowest BCUT2D eigenvalue weighted by Crippen LogP contribution is -2.54. The van der Waals surface area contributed by atoms with Crippen LogP contribution in [0.3, 0.4) is 0 Å². The van der Waals surface area contributed by atoms with Crippen LogP contribution in [0.1, 0.15) is 45.2 Å². The molecule has 0 saturated carbocycles. The first-order chi connectivity index (χ1) is 9.06. The van der Waals surface area contributed by atoms with Gasteiger partial charge in [0.1, 0.15) is 0 Å². The molecule has 1 aromatic heterocycles. The third-order valence-electron chi connectivity index (χ3n) is 4.33. The van der Waals surface area contributed by atoms with E-state index in [0.717, 1.165) is 25.2 Å². The topological polar surface area (TPSA) is 51.0 Å². The molecule has 1 saturated heterocycles. The molecule has 1 fully saturated rings. The van der Waals surface area contributed by atoms with Crippen LogP contribution in [-0.2, 0) is 18.3 Å². The van der Waals surface area contributed by atoms with Crippen molar-refractivity contribution >= 4 is 5.78 Å². The number of Topliss-reactive ketones (excluding diaryl/α,β-unsaturated/α-hetero) is 1. The lowest BCUT2D eigenvalue weighted by atomic mass is 9.87. The third-order valence-corrected chi connectivity index (χ3v) is 4.33. The number of aromatic nitrogens is 3. The molecule has 1 aliphatic rings. The highest BCUT2D eigenvalue weighted by atomic mass is 16.1. The maximum atomic E-state index is 12.7. The smallest absolute Gasteiger partial charge is 0.158 e. The van der Waals surface area contributed by atoms with Gasteiger partial charge in [-0.1, -0.05) is 18.6 Å². The van der Waals surface area contributed by atoms with Crippen LogP contribution in [0.2, 0.25) is 0 Å². The summed E-state index contributed by atoms with van der Waals surface area (Å²) >= 11 is 0. The van der Waals surface area contributed by atoms with Gasteiger partial charge in [-0.15, -0.1) is 5.10 Å². The second kappa shape index (κ2) is 5.82. The minimum absolute atomic E-state index is 0.261. The van der Waals surface area contributed by atoms with Crippen LogP contribution in [-0.4, -0.2) is 44.3 Å². The summed E-state index contributed by atoms with van der Waals surface area (Å²) in [5.74, 6) is 0.261. The fraction of sp³-hybridized carbons (Fsp3) is 0.786. The Morgan fingerprint density at radius 3 is 2.58 bits per heavy atom. The van der Waals surface area contributed by atoms with Gasteiger partial charge in [0, 0.05) is 13.2 Å². The summed E-state index contributed by atoms with van der Waals surface area (Å²) in [5, 5.41) is 7.91. The molecular formula is C14H24N4O. The van der Waals surface area contributed by atoms with E-state index in [0.29, 0.717) is 6.42 Å². The van der Waals surface area contributed by atoms with Crippen molar-refractivity contribution < 1.29 is 4.79 Å². The van der Waals surface area contributed by atoms with Crippen LogP contribution >= 0.6 is 0 Å². The van der Waals surface area contributed by atoms with Crippen molar-refractivity contribution in [3.8, 4) is 0 Å². The average molecular weight is 264 g/mol. The van der Waals surface area contributed by atoms with Crippen molar-refractivity contribution in [3.05, 3.63) is 11.9 Å². The second-order valence-electron chi connectivity index (χ2n) is 5.66. The van der Waals surface area contributed by atoms with E-state index in [4.69, 9.17) is 0 Å². The molecule has 2 heterocycles. The number of carbonyl (C=O) groups excluding carboxylic acids is 1. The van der Waals surface area contributed by atoms with Crippen molar-refractivity contribution in [2.45, 2.75) is 51.5 Å². The largest absolute Gasteiger partial charge is 0.297 e. The normalized spacial score (nSPS) is 20.2. The Kier molecular flexibility index (Phi) is 4.34. The predicted molar refractivity (Wildman–Crippen MR) is 73.8 cm³/mol. The Bertz CT molecular complexity index is 436. The number of likely N-dealkylation sites (tertiary alicyclic amines) is 1. The van der Waals surface area contributed by atoms with Crippen molar-refractivity contribution in [1.82, 2.24) is 19.9 Å². The quantitative estimate of drug-likeness (QED) is 0.810. The number of nitrogens with zero attached hydrogens (tertiary/aromatic N) is 4. The minimum Gasteiger partial charge on any atom is -0.297 e. The molecule has 0 radical (unpaired) electrons. The van der Waals surface area contributed by atoms with Gasteiger partial charge in [-0.2, -0.15) is 0 Å². The molecule has 19 heavy (non-hydrogen) atoms. The lowest BCUT2D eigenvalue weighted by molar-refractivity contribution is -0.130. The van der Waals surface area contributed by atoms with E-state index in [1.54, 1.807) is 4.68 Å². The van der Waals surface area contributed by atoms with Gasteiger partial charge in [0.15, 0.2) is 5.78 Å². The standard InChI is InChI=1S/C14H24N4O/c1-4-14(2,18-8-6-5-7-9-18)13(19)10-12-11-17(3)16-15-12/h11H,4-10H2,1-3H3. The molecule has 0 N–H and O–H groups in total. The van der Waals surface area contributed by atoms with Gasteiger partial charge in [0.2, 0.25) is 0 Å². The van der Waals surface area contributed by atoms with Crippen molar-refractivity contribution in [2.75, 3.05) is 13.1 Å². The zero-order valence-electron chi connectivity index (χ0n) is 12.2. The lowest BCUT2D eigenvalue weighted by Gasteiger charge is -2.41. The molecule has 1 aromatic rings. The maximum absolute atomic E-state index is 12.7. The average Bonchev–Trinajstić information content (AvgIpc) is 2.84. The van der Waals surface area contributed by atoms with Crippen LogP contribution in [0.15, 0.2) is 6.20 Å². The van der Waals surface area contributed by atoms with Gasteiger partial charge in [-0.3, -0.25) is 14.4 Å². The van der Waals surface area contributed by atoms with Crippen LogP contribution in [0, 0.1) is 0 Å². The zero-order valence-corrected chi connectivity index (χ0v) is 12.2. The van der Waals surface area contributed by atoms with E-state index >= 15 is 0 Å². The van der Waals surface area contributed by atoms with Crippen LogP contribution in [0.25, 0.3) is 0 Å². The van der Waals surface area contributed by atoms with Crippen LogP contribution < -0.4 is 0 Å². The summed E-state index contributed by atoms with van der Waals surface area (Å²) in [5.41, 5.74) is 0.418. The molecule has 0 aromatic carbocycles. The van der Waals surface area contributed by atoms with Crippen LogP contribution in [0.5, 0.6) is 0 Å². The van der Waals surface area contributed by atoms with Gasteiger partial charge in [0.05, 0.1) is 17.7 Å². The fourth-order valence-electron chi connectivity index (χ4n) is 2.82. The van der Waals surface area contributed by atoms with Gasteiger partial charge < -0.3 is 0 Å². The number of carbonyl (C=O) groups is 1. The number of hydrogen-bond donors (Lipinski definition) is 0. The Morgan fingerprint density at radius 1 is 1.37 bits per heavy atom. The molecule has 5 heteroatoms. The summed E-state index contributed by atoms with van der Waals surface area (Å²) < 4.78 is 1.65. The van der Waals surface area contributed by atoms with Crippen molar-refractivity contribution in [1.29, 1.82) is 0 Å². The highest BCUT2D eigenvalue weighted by molar-refractivity contribution is 5.89. The monoisotopic (exact) mass is 264 g/mol. The second-order valence-corrected chi connectivity index (χ2v) is 5.66. The fourth-order valence-corrected chi connectivity index (χ4v) is 2.82. The number of aryl methyl sites for hydroxylation is 1. The molecule has 5 nitrogen and oxygen atoms in total. The van der Waals surface area contributed by atoms with Gasteiger partial charge >= 0.3 is 0 Å². The van der Waals surface area contributed by atoms with Gasteiger partial charge in [0.25, 0.3) is 0 Å². The van der Waals surface area contributed by atoms with E-state index in [-0.39, 0.29) is 11.3 Å². The van der Waals surface area contributed by atoms with Gasteiger partial charge in [-0.05, 0) is 39.3 Å². The highest BCUT2D eigenvalue weighted by Gasteiger charge is 2.37. The molecular weight excluding hydrogens is 240 g/mol. The molecule has 0 amide bonds. The summed E-state index contributed by atoms with van der Waals surface area (Å²) in [6.07, 6.45) is 6.75. The molecule has 106 valence electrons. The zero-order chi connectivity index (χ0) is 13.9. The van der Waals surface area contributed by atoms with E-state index in [1.165, 1.54) is 19.3 Å². The highest BCUT2D eigenvalue weighted by Crippen LogP contribution is 2.26. The molecule has 0 spiro atoms. The Balaban J connectivity index is 2.08. The van der Waals surface area contributed by atoms with Crippen LogP contribution in [0.4, 0.5) is 0 Å². The van der Waals surface area contributed by atoms with E-state index in [1.807, 2.05) is 13.2 Å². The first kappa shape index (κ1) is 14.2. The van der Waals surface area contributed by atoms with Crippen molar-refractivity contribution in [3.63, 3.8) is 0 Å². The number of piperidine rings is 1. The molecule has 0 aliphatic carbocycles. The first-order valence-electron chi connectivity index (χ1n) is 7.20. The van der Waals surface area contributed by atoms with Crippen molar-refractivity contribution in [2.24, 2.45) is 7.05 Å². The number of ketones is 1. The Labute approximate surface area is 115 Å². The molecule has 1 aliphatic heterocycles. The molecule has 1 atom stereocenters. The SMILES string of the molecule is CCC(C)(C(=O)Cc1cn(C)nn1)N1CCCCC1. The third kappa shape index (κ3) is 3.03. The Hall–Kier alpha value is -1.23. The molecule has 0 bridgehead atoms. The van der Waals surface area contributed by atoms with E-state index < -0.39 is 0 Å². The van der Waals surface area contributed by atoms with Gasteiger partial charge in [-0.25, -0.2) is 0 Å². The van der Waals surface area contributed by atoms with E-state index in [9.17, 15) is 4.79 Å². The van der Waals surface area contributed by atoms with E-state index in [2.05, 4.69) is 29.1 Å². The Morgan fingerprint density at radius 2 is 2.05 bits per heavy atom. The molecule has 2 rings (SSSR count). The maximum Gasteiger partial charge on any atom is 0.158 e. The molecule has 1 unspecified atom stereocenters. The first-order valence-corrected chi connectivity index (χ1v) is 7.20. The number of rotatable bonds is 5. The summed E-state index contributed by atoms with van der Waals surface area (Å²) in [4.78, 5) is 15.0. The minimum atomic E-state index is -0.349. The number of hydrogen-bond acceptors (Lipinski definition) is 4. The summed E-state index contributed by atoms with van der Waals surface area (Å²) in [6, 6.07) is 0. The predicted octanol–water partition coefficient (Wildman–Crippen LogP) is 1.58. The summed E-state index contributed by atoms with van der Waals surface area (Å²) in [6.45, 7) is 6.26. The summed E-state index contributed by atoms with van der Waals surface area (Å²) in [7, 11) is 1.82.